The Kier molecular flexibility index (Phi) is 6.70. The molecule has 0 radical (unpaired) electrons. The van der Waals surface area contributed by atoms with Gasteiger partial charge in [0.05, 0.1) is 20.3 Å². The van der Waals surface area contributed by atoms with E-state index in [4.69, 9.17) is 21.1 Å². The second-order valence-corrected chi connectivity index (χ2v) is 6.02. The third-order valence-electron chi connectivity index (χ3n) is 2.50. The predicted molar refractivity (Wildman–Crippen MR) is 75.6 cm³/mol. The summed E-state index contributed by atoms with van der Waals surface area (Å²) in [5, 5.41) is 9.44. The average molecular weight is 324 g/mol. The van der Waals surface area contributed by atoms with Gasteiger partial charge in [-0.1, -0.05) is 11.6 Å². The average Bonchev–Trinajstić information content (AvgIpc) is 2.42. The van der Waals surface area contributed by atoms with Crippen molar-refractivity contribution in [3.63, 3.8) is 0 Å². The molecule has 0 spiro atoms. The van der Waals surface area contributed by atoms with Crippen molar-refractivity contribution < 1.29 is 23.0 Å². The van der Waals surface area contributed by atoms with Crippen molar-refractivity contribution in [1.29, 1.82) is 0 Å². The molecule has 0 atom stereocenters. The third-order valence-corrected chi connectivity index (χ3v) is 4.19. The quantitative estimate of drug-likeness (QED) is 0.701. The van der Waals surface area contributed by atoms with Gasteiger partial charge in [-0.3, -0.25) is 0 Å². The third kappa shape index (κ3) is 4.32. The fourth-order valence-corrected chi connectivity index (χ4v) is 3.20. The molecule has 1 rings (SSSR count). The number of aliphatic hydroxyl groups is 1. The Bertz CT molecular complexity index is 547. The number of hydrogen-bond donors (Lipinski definition) is 2. The van der Waals surface area contributed by atoms with E-state index < -0.39 is 10.0 Å². The van der Waals surface area contributed by atoms with Gasteiger partial charge in [0.1, 0.15) is 10.6 Å². The van der Waals surface area contributed by atoms with Gasteiger partial charge in [0, 0.05) is 23.7 Å². The van der Waals surface area contributed by atoms with Gasteiger partial charge in [-0.15, -0.1) is 0 Å². The first-order chi connectivity index (χ1) is 9.46. The van der Waals surface area contributed by atoms with Crippen LogP contribution in [0.3, 0.4) is 0 Å². The standard InChI is InChI=1S/C12H18ClNO5S/c1-3-19-5-4-14-20(16,17)11-7-10(13)6-9(8-15)12(11)18-2/h6-7,14-15H,3-5,8H2,1-2H3. The minimum atomic E-state index is -3.79. The number of benzene rings is 1. The van der Waals surface area contributed by atoms with Crippen LogP contribution in [-0.4, -0.2) is 40.4 Å². The minimum absolute atomic E-state index is 0.0841. The van der Waals surface area contributed by atoms with Crippen molar-refractivity contribution in [1.82, 2.24) is 4.72 Å². The van der Waals surface area contributed by atoms with E-state index in [2.05, 4.69) is 4.72 Å². The van der Waals surface area contributed by atoms with Crippen LogP contribution in [0.4, 0.5) is 0 Å². The molecule has 0 unspecified atom stereocenters. The van der Waals surface area contributed by atoms with Crippen LogP contribution in [0, 0.1) is 0 Å². The molecule has 1 aromatic rings. The monoisotopic (exact) mass is 323 g/mol. The van der Waals surface area contributed by atoms with Gasteiger partial charge >= 0.3 is 0 Å². The highest BCUT2D eigenvalue weighted by molar-refractivity contribution is 7.89. The first-order valence-corrected chi connectivity index (χ1v) is 7.87. The van der Waals surface area contributed by atoms with E-state index in [0.29, 0.717) is 12.2 Å². The van der Waals surface area contributed by atoms with Crippen LogP contribution in [0.25, 0.3) is 0 Å². The van der Waals surface area contributed by atoms with Gasteiger partial charge in [-0.25, -0.2) is 13.1 Å². The number of halogens is 1. The maximum atomic E-state index is 12.2. The Morgan fingerprint density at radius 1 is 1.40 bits per heavy atom. The van der Waals surface area contributed by atoms with Crippen molar-refractivity contribution in [2.75, 3.05) is 26.9 Å². The first-order valence-electron chi connectivity index (χ1n) is 6.01. The lowest BCUT2D eigenvalue weighted by Gasteiger charge is -2.14. The number of hydrogen-bond acceptors (Lipinski definition) is 5. The Balaban J connectivity index is 3.07. The molecule has 0 saturated heterocycles. The molecule has 0 bridgehead atoms. The van der Waals surface area contributed by atoms with Crippen molar-refractivity contribution >= 4 is 21.6 Å². The van der Waals surface area contributed by atoms with Gasteiger partial charge in [-0.05, 0) is 19.1 Å². The molecule has 8 heteroatoms. The Morgan fingerprint density at radius 3 is 2.65 bits per heavy atom. The maximum absolute atomic E-state index is 12.2. The van der Waals surface area contributed by atoms with E-state index >= 15 is 0 Å². The molecular weight excluding hydrogens is 306 g/mol. The van der Waals surface area contributed by atoms with Gasteiger partial charge in [0.25, 0.3) is 0 Å². The number of aliphatic hydroxyl groups excluding tert-OH is 1. The molecule has 2 N–H and O–H groups in total. The van der Waals surface area contributed by atoms with E-state index in [9.17, 15) is 13.5 Å². The summed E-state index contributed by atoms with van der Waals surface area (Å²) in [6.45, 7) is 2.37. The SMILES string of the molecule is CCOCCNS(=O)(=O)c1cc(Cl)cc(CO)c1OC. The summed E-state index contributed by atoms with van der Waals surface area (Å²) in [5.74, 6) is 0.0841. The lowest BCUT2D eigenvalue weighted by molar-refractivity contribution is 0.153. The zero-order valence-electron chi connectivity index (χ0n) is 11.3. The Labute approximate surface area is 123 Å². The summed E-state index contributed by atoms with van der Waals surface area (Å²) in [5.41, 5.74) is 0.310. The highest BCUT2D eigenvalue weighted by Crippen LogP contribution is 2.31. The van der Waals surface area contributed by atoms with E-state index in [1.165, 1.54) is 19.2 Å². The van der Waals surface area contributed by atoms with Crippen molar-refractivity contribution in [2.24, 2.45) is 0 Å². The van der Waals surface area contributed by atoms with Crippen LogP contribution in [0.2, 0.25) is 5.02 Å². The Hall–Kier alpha value is -0.860. The van der Waals surface area contributed by atoms with Crippen LogP contribution in [-0.2, 0) is 21.4 Å². The van der Waals surface area contributed by atoms with Crippen LogP contribution in [0.15, 0.2) is 17.0 Å². The van der Waals surface area contributed by atoms with Crippen LogP contribution >= 0.6 is 11.6 Å². The number of methoxy groups -OCH3 is 1. The van der Waals surface area contributed by atoms with Crippen molar-refractivity contribution in [3.8, 4) is 5.75 Å². The molecule has 20 heavy (non-hydrogen) atoms. The van der Waals surface area contributed by atoms with E-state index in [0.717, 1.165) is 0 Å². The van der Waals surface area contributed by atoms with Crippen LogP contribution in [0.1, 0.15) is 12.5 Å². The molecule has 6 nitrogen and oxygen atoms in total. The molecule has 0 heterocycles. The topological polar surface area (TPSA) is 84.9 Å². The predicted octanol–water partition coefficient (Wildman–Crippen LogP) is 1.16. The molecule has 0 aromatic heterocycles. The highest BCUT2D eigenvalue weighted by atomic mass is 35.5. The molecule has 0 aliphatic carbocycles. The van der Waals surface area contributed by atoms with Crippen molar-refractivity contribution in [2.45, 2.75) is 18.4 Å². The maximum Gasteiger partial charge on any atom is 0.244 e. The minimum Gasteiger partial charge on any atom is -0.495 e. The lowest BCUT2D eigenvalue weighted by Crippen LogP contribution is -2.28. The summed E-state index contributed by atoms with van der Waals surface area (Å²) in [7, 11) is -2.45. The lowest BCUT2D eigenvalue weighted by atomic mass is 10.2. The fourth-order valence-electron chi connectivity index (χ4n) is 1.64. The number of rotatable bonds is 8. The highest BCUT2D eigenvalue weighted by Gasteiger charge is 2.22. The molecule has 1 aromatic carbocycles. The summed E-state index contributed by atoms with van der Waals surface area (Å²) in [6, 6.07) is 2.74. The first kappa shape index (κ1) is 17.2. The Morgan fingerprint density at radius 2 is 2.10 bits per heavy atom. The van der Waals surface area contributed by atoms with E-state index in [1.54, 1.807) is 0 Å². The van der Waals surface area contributed by atoms with Gasteiger partial charge < -0.3 is 14.6 Å². The molecule has 0 aliphatic rings. The number of nitrogens with one attached hydrogen (secondary N) is 1. The molecular formula is C12H18ClNO5S. The molecule has 0 aliphatic heterocycles. The molecule has 0 fully saturated rings. The zero-order chi connectivity index (χ0) is 15.2. The fraction of sp³-hybridized carbons (Fsp3) is 0.500. The van der Waals surface area contributed by atoms with Gasteiger partial charge in [0.15, 0.2) is 0 Å². The molecule has 114 valence electrons. The second kappa shape index (κ2) is 7.80. The summed E-state index contributed by atoms with van der Waals surface area (Å²) >= 11 is 5.86. The second-order valence-electron chi connectivity index (χ2n) is 3.85. The molecule has 0 saturated carbocycles. The zero-order valence-corrected chi connectivity index (χ0v) is 12.9. The smallest absolute Gasteiger partial charge is 0.244 e. The van der Waals surface area contributed by atoms with Crippen LogP contribution in [0.5, 0.6) is 5.75 Å². The van der Waals surface area contributed by atoms with Crippen LogP contribution < -0.4 is 9.46 Å². The summed E-state index contributed by atoms with van der Waals surface area (Å²) < 4.78 is 36.9. The summed E-state index contributed by atoms with van der Waals surface area (Å²) in [6.07, 6.45) is 0. The van der Waals surface area contributed by atoms with E-state index in [-0.39, 0.29) is 35.4 Å². The van der Waals surface area contributed by atoms with Gasteiger partial charge in [-0.2, -0.15) is 0 Å². The number of ether oxygens (including phenoxy) is 2. The normalized spacial score (nSPS) is 11.6. The van der Waals surface area contributed by atoms with E-state index in [1.807, 2.05) is 6.92 Å². The summed E-state index contributed by atoms with van der Waals surface area (Å²) in [4.78, 5) is -0.104. The molecule has 0 amide bonds. The van der Waals surface area contributed by atoms with Crippen molar-refractivity contribution in [3.05, 3.63) is 22.7 Å². The van der Waals surface area contributed by atoms with Gasteiger partial charge in [0.2, 0.25) is 10.0 Å². The largest absolute Gasteiger partial charge is 0.495 e. The number of sulfonamides is 1.